The van der Waals surface area contributed by atoms with Crippen LogP contribution in [0, 0.1) is 12.7 Å². The van der Waals surface area contributed by atoms with Crippen molar-refractivity contribution in [1.82, 2.24) is 0 Å². The van der Waals surface area contributed by atoms with Crippen molar-refractivity contribution in [3.05, 3.63) is 70.5 Å². The number of rotatable bonds is 6. The Kier molecular flexibility index (Phi) is 5.63. The second kappa shape index (κ2) is 7.68. The Morgan fingerprint density at radius 3 is 2.22 bits per heavy atom. The quantitative estimate of drug-likeness (QED) is 0.764. The lowest BCUT2D eigenvalue weighted by Gasteiger charge is -2.05. The van der Waals surface area contributed by atoms with Gasteiger partial charge in [-0.2, -0.15) is 0 Å². The molecule has 0 aliphatic heterocycles. The molecule has 2 aromatic rings. The van der Waals surface area contributed by atoms with Crippen LogP contribution in [0.25, 0.3) is 0 Å². The Bertz CT molecular complexity index is 705. The van der Waals surface area contributed by atoms with Crippen LogP contribution in [0.1, 0.15) is 34.0 Å². The van der Waals surface area contributed by atoms with Gasteiger partial charge in [0.2, 0.25) is 0 Å². The molecule has 0 unspecified atom stereocenters. The smallest absolute Gasteiger partial charge is 0.338 e. The normalized spacial score (nSPS) is 10.4. The first-order valence-electron chi connectivity index (χ1n) is 7.52. The van der Waals surface area contributed by atoms with E-state index in [4.69, 9.17) is 4.74 Å². The SMILES string of the molecule is CCOC(=O)c1ccc(CC(=O)Cc2ccc(F)c(C)c2)cc1. The summed E-state index contributed by atoms with van der Waals surface area (Å²) in [5.74, 6) is -0.595. The zero-order chi connectivity index (χ0) is 16.8. The molecular weight excluding hydrogens is 295 g/mol. The summed E-state index contributed by atoms with van der Waals surface area (Å²) in [5, 5.41) is 0. The van der Waals surface area contributed by atoms with Crippen LogP contribution in [-0.2, 0) is 22.4 Å². The first kappa shape index (κ1) is 16.9. The number of halogens is 1. The summed E-state index contributed by atoms with van der Waals surface area (Å²) < 4.78 is 18.1. The lowest BCUT2D eigenvalue weighted by Crippen LogP contribution is -2.08. The van der Waals surface area contributed by atoms with E-state index in [1.54, 1.807) is 50.2 Å². The minimum atomic E-state index is -0.368. The Hall–Kier alpha value is -2.49. The van der Waals surface area contributed by atoms with Gasteiger partial charge in [0, 0.05) is 12.8 Å². The monoisotopic (exact) mass is 314 g/mol. The van der Waals surface area contributed by atoms with E-state index in [9.17, 15) is 14.0 Å². The van der Waals surface area contributed by atoms with Gasteiger partial charge in [-0.25, -0.2) is 9.18 Å². The van der Waals surface area contributed by atoms with E-state index in [0.717, 1.165) is 11.1 Å². The number of carbonyl (C=O) groups is 2. The van der Waals surface area contributed by atoms with E-state index in [1.807, 2.05) is 0 Å². The summed E-state index contributed by atoms with van der Waals surface area (Å²) >= 11 is 0. The number of carbonyl (C=O) groups excluding carboxylic acids is 2. The molecule has 0 amide bonds. The van der Waals surface area contributed by atoms with Crippen LogP contribution in [0.3, 0.4) is 0 Å². The molecule has 0 spiro atoms. The van der Waals surface area contributed by atoms with Gasteiger partial charge in [-0.3, -0.25) is 4.79 Å². The Morgan fingerprint density at radius 2 is 1.61 bits per heavy atom. The van der Waals surface area contributed by atoms with E-state index < -0.39 is 0 Å². The summed E-state index contributed by atoms with van der Waals surface area (Å²) in [5.41, 5.74) is 2.64. The van der Waals surface area contributed by atoms with Gasteiger partial charge >= 0.3 is 5.97 Å². The van der Waals surface area contributed by atoms with Crippen molar-refractivity contribution in [3.8, 4) is 0 Å². The zero-order valence-corrected chi connectivity index (χ0v) is 13.3. The molecule has 0 saturated carbocycles. The van der Waals surface area contributed by atoms with Crippen molar-refractivity contribution in [2.45, 2.75) is 26.7 Å². The first-order chi connectivity index (χ1) is 11.0. The molecule has 0 radical (unpaired) electrons. The lowest BCUT2D eigenvalue weighted by atomic mass is 10.0. The molecule has 4 heteroatoms. The predicted octanol–water partition coefficient (Wildman–Crippen LogP) is 3.67. The van der Waals surface area contributed by atoms with E-state index in [1.165, 1.54) is 6.07 Å². The molecule has 0 N–H and O–H groups in total. The largest absolute Gasteiger partial charge is 0.462 e. The highest BCUT2D eigenvalue weighted by molar-refractivity contribution is 5.89. The highest BCUT2D eigenvalue weighted by Gasteiger charge is 2.09. The van der Waals surface area contributed by atoms with Crippen LogP contribution in [0.15, 0.2) is 42.5 Å². The van der Waals surface area contributed by atoms with Crippen LogP contribution in [-0.4, -0.2) is 18.4 Å². The van der Waals surface area contributed by atoms with Gasteiger partial charge in [0.15, 0.2) is 0 Å². The van der Waals surface area contributed by atoms with E-state index in [2.05, 4.69) is 0 Å². The van der Waals surface area contributed by atoms with Crippen LogP contribution in [0.2, 0.25) is 0 Å². The van der Waals surface area contributed by atoms with Crippen molar-refractivity contribution in [2.75, 3.05) is 6.61 Å². The fraction of sp³-hybridized carbons (Fsp3) is 0.263. The molecule has 0 aliphatic carbocycles. The van der Waals surface area contributed by atoms with Crippen molar-refractivity contribution in [3.63, 3.8) is 0 Å². The number of ether oxygens (including phenoxy) is 1. The third-order valence-electron chi connectivity index (χ3n) is 3.49. The van der Waals surface area contributed by atoms with Crippen molar-refractivity contribution in [2.24, 2.45) is 0 Å². The van der Waals surface area contributed by atoms with Crippen LogP contribution >= 0.6 is 0 Å². The molecule has 23 heavy (non-hydrogen) atoms. The maximum Gasteiger partial charge on any atom is 0.338 e. The van der Waals surface area contributed by atoms with Crippen molar-refractivity contribution >= 4 is 11.8 Å². The molecule has 0 fully saturated rings. The number of ketones is 1. The van der Waals surface area contributed by atoms with Crippen LogP contribution in [0.4, 0.5) is 4.39 Å². The molecule has 0 aromatic heterocycles. The molecule has 0 saturated heterocycles. The molecule has 120 valence electrons. The summed E-state index contributed by atoms with van der Waals surface area (Å²) in [6, 6.07) is 11.5. The molecule has 0 bridgehead atoms. The molecule has 2 rings (SSSR count). The third kappa shape index (κ3) is 4.74. The lowest BCUT2D eigenvalue weighted by molar-refractivity contribution is -0.117. The van der Waals surface area contributed by atoms with Gasteiger partial charge in [0.1, 0.15) is 11.6 Å². The number of hydrogen-bond donors (Lipinski definition) is 0. The molecule has 0 aliphatic rings. The van der Waals surface area contributed by atoms with Crippen LogP contribution < -0.4 is 0 Å². The minimum absolute atomic E-state index is 0.0416. The molecule has 0 heterocycles. The van der Waals surface area contributed by atoms with Gasteiger partial charge in [-0.1, -0.05) is 24.3 Å². The number of aryl methyl sites for hydroxylation is 1. The number of Topliss-reactive ketones (excluding diaryl/α,β-unsaturated/α-hetero) is 1. The van der Waals surface area contributed by atoms with Gasteiger partial charge < -0.3 is 4.74 Å². The molecule has 2 aromatic carbocycles. The summed E-state index contributed by atoms with van der Waals surface area (Å²) in [6.45, 7) is 3.76. The van der Waals surface area contributed by atoms with E-state index in [-0.39, 0.29) is 30.4 Å². The zero-order valence-electron chi connectivity index (χ0n) is 13.3. The standard InChI is InChI=1S/C19H19FO3/c1-3-23-19(22)16-7-4-14(5-8-16)11-17(21)12-15-6-9-18(20)13(2)10-15/h4-10H,3,11-12H2,1-2H3. The van der Waals surface area contributed by atoms with E-state index >= 15 is 0 Å². The average molecular weight is 314 g/mol. The molecular formula is C19H19FO3. The highest BCUT2D eigenvalue weighted by atomic mass is 19.1. The van der Waals surface area contributed by atoms with Crippen molar-refractivity contribution < 1.29 is 18.7 Å². The molecule has 0 atom stereocenters. The van der Waals surface area contributed by atoms with Gasteiger partial charge in [-0.05, 0) is 48.7 Å². The first-order valence-corrected chi connectivity index (χ1v) is 7.52. The number of esters is 1. The minimum Gasteiger partial charge on any atom is -0.462 e. The fourth-order valence-electron chi connectivity index (χ4n) is 2.31. The van der Waals surface area contributed by atoms with Gasteiger partial charge in [0.05, 0.1) is 12.2 Å². The second-order valence-electron chi connectivity index (χ2n) is 5.39. The summed E-state index contributed by atoms with van der Waals surface area (Å²) in [7, 11) is 0. The summed E-state index contributed by atoms with van der Waals surface area (Å²) in [4.78, 5) is 23.7. The molecule has 3 nitrogen and oxygen atoms in total. The van der Waals surface area contributed by atoms with Gasteiger partial charge in [-0.15, -0.1) is 0 Å². The maximum absolute atomic E-state index is 13.2. The van der Waals surface area contributed by atoms with Crippen molar-refractivity contribution in [1.29, 1.82) is 0 Å². The topological polar surface area (TPSA) is 43.4 Å². The third-order valence-corrected chi connectivity index (χ3v) is 3.49. The fourth-order valence-corrected chi connectivity index (χ4v) is 2.31. The predicted molar refractivity (Wildman–Crippen MR) is 86.0 cm³/mol. The Morgan fingerprint density at radius 1 is 1.00 bits per heavy atom. The second-order valence-corrected chi connectivity index (χ2v) is 5.39. The number of benzene rings is 2. The Balaban J connectivity index is 1.97. The van der Waals surface area contributed by atoms with Gasteiger partial charge in [0.25, 0.3) is 0 Å². The Labute approximate surface area is 135 Å². The maximum atomic E-state index is 13.2. The van der Waals surface area contributed by atoms with Crippen LogP contribution in [0.5, 0.6) is 0 Å². The van der Waals surface area contributed by atoms with E-state index in [0.29, 0.717) is 17.7 Å². The number of hydrogen-bond acceptors (Lipinski definition) is 3. The summed E-state index contributed by atoms with van der Waals surface area (Å²) in [6.07, 6.45) is 0.542. The highest BCUT2D eigenvalue weighted by Crippen LogP contribution is 2.12. The average Bonchev–Trinajstić information content (AvgIpc) is 2.52.